The first-order valence-corrected chi connectivity index (χ1v) is 13.7. The summed E-state index contributed by atoms with van der Waals surface area (Å²) >= 11 is 1.45. The van der Waals surface area contributed by atoms with Crippen LogP contribution in [0.1, 0.15) is 53.6 Å². The van der Waals surface area contributed by atoms with Crippen molar-refractivity contribution in [2.75, 3.05) is 39.1 Å². The lowest BCUT2D eigenvalue weighted by atomic mass is 9.94. The van der Waals surface area contributed by atoms with Crippen molar-refractivity contribution in [3.63, 3.8) is 0 Å². The Labute approximate surface area is 213 Å². The zero-order valence-electron chi connectivity index (χ0n) is 20.7. The molecule has 1 saturated carbocycles. The summed E-state index contributed by atoms with van der Waals surface area (Å²) < 4.78 is 5.44. The normalized spacial score (nSPS) is 17.2. The Morgan fingerprint density at radius 3 is 2.57 bits per heavy atom. The quantitative estimate of drug-likeness (QED) is 0.525. The number of morpholine rings is 1. The smallest absolute Gasteiger partial charge is 0.252 e. The summed E-state index contributed by atoms with van der Waals surface area (Å²) in [6.45, 7) is 4.85. The van der Waals surface area contributed by atoms with Gasteiger partial charge in [0.25, 0.3) is 5.91 Å². The van der Waals surface area contributed by atoms with E-state index in [1.54, 1.807) is 0 Å². The first kappa shape index (κ1) is 25.7. The molecule has 0 unspecified atom stereocenters. The standard InChI is InChI=1S/C28H37N3O3S/c1-30(24-10-3-2-4-11-24)27(32)21-35-26-13-6-5-12-25(26)28(33)29-19-22-8-7-9-23(18-22)20-31-14-16-34-17-15-31/h5-9,12-13,18,24H,2-4,10-11,14-17,19-21H2,1H3,(H,29,33). The Bertz CT molecular complexity index is 987. The van der Waals surface area contributed by atoms with Crippen LogP contribution < -0.4 is 5.32 Å². The second-order valence-electron chi connectivity index (χ2n) is 9.47. The van der Waals surface area contributed by atoms with E-state index in [4.69, 9.17) is 4.74 Å². The minimum Gasteiger partial charge on any atom is -0.379 e. The van der Waals surface area contributed by atoms with Crippen LogP contribution in [0.15, 0.2) is 53.4 Å². The van der Waals surface area contributed by atoms with Crippen molar-refractivity contribution in [2.45, 2.75) is 56.1 Å². The maximum atomic E-state index is 13.0. The number of carbonyl (C=O) groups is 2. The number of benzene rings is 2. The van der Waals surface area contributed by atoms with E-state index >= 15 is 0 Å². The van der Waals surface area contributed by atoms with Crippen molar-refractivity contribution < 1.29 is 14.3 Å². The second kappa shape index (κ2) is 13.1. The molecule has 4 rings (SSSR count). The Morgan fingerprint density at radius 2 is 1.77 bits per heavy atom. The maximum absolute atomic E-state index is 13.0. The number of thioether (sulfide) groups is 1. The topological polar surface area (TPSA) is 61.9 Å². The number of amides is 2. The van der Waals surface area contributed by atoms with Gasteiger partial charge >= 0.3 is 0 Å². The van der Waals surface area contributed by atoms with Gasteiger partial charge in [-0.1, -0.05) is 55.7 Å². The summed E-state index contributed by atoms with van der Waals surface area (Å²) in [5.41, 5.74) is 2.95. The minimum atomic E-state index is -0.111. The molecular formula is C28H37N3O3S. The highest BCUT2D eigenvalue weighted by Gasteiger charge is 2.22. The van der Waals surface area contributed by atoms with Crippen LogP contribution in [0.3, 0.4) is 0 Å². The second-order valence-corrected chi connectivity index (χ2v) is 10.5. The molecule has 1 heterocycles. The number of ether oxygens (including phenoxy) is 1. The van der Waals surface area contributed by atoms with Crippen molar-refractivity contribution in [1.82, 2.24) is 15.1 Å². The predicted octanol–water partition coefficient (Wildman–Crippen LogP) is 4.33. The molecule has 6 nitrogen and oxygen atoms in total. The number of nitrogens with zero attached hydrogens (tertiary/aromatic N) is 2. The van der Waals surface area contributed by atoms with Crippen molar-refractivity contribution in [3.8, 4) is 0 Å². The molecular weight excluding hydrogens is 458 g/mol. The van der Waals surface area contributed by atoms with E-state index < -0.39 is 0 Å². The first-order chi connectivity index (χ1) is 17.1. The van der Waals surface area contributed by atoms with Crippen molar-refractivity contribution >= 4 is 23.6 Å². The number of rotatable bonds is 9. The van der Waals surface area contributed by atoms with Gasteiger partial charge in [0.1, 0.15) is 0 Å². The predicted molar refractivity (Wildman–Crippen MR) is 141 cm³/mol. The lowest BCUT2D eigenvalue weighted by Gasteiger charge is -2.31. The van der Waals surface area contributed by atoms with Crippen molar-refractivity contribution in [1.29, 1.82) is 0 Å². The first-order valence-electron chi connectivity index (χ1n) is 12.7. The fourth-order valence-electron chi connectivity index (χ4n) is 4.83. The van der Waals surface area contributed by atoms with Gasteiger partial charge < -0.3 is 15.0 Å². The number of hydrogen-bond acceptors (Lipinski definition) is 5. The molecule has 1 N–H and O–H groups in total. The molecule has 0 atom stereocenters. The van der Waals surface area contributed by atoms with Crippen LogP contribution in [0.4, 0.5) is 0 Å². The summed E-state index contributed by atoms with van der Waals surface area (Å²) in [5.74, 6) is 0.370. The molecule has 0 radical (unpaired) electrons. The Kier molecular flexibility index (Phi) is 9.63. The maximum Gasteiger partial charge on any atom is 0.252 e. The van der Waals surface area contributed by atoms with E-state index in [1.807, 2.05) is 42.3 Å². The number of carbonyl (C=O) groups excluding carboxylic acids is 2. The molecule has 188 valence electrons. The van der Waals surface area contributed by atoms with Crippen LogP contribution in [0.2, 0.25) is 0 Å². The largest absolute Gasteiger partial charge is 0.379 e. The van der Waals surface area contributed by atoms with Crippen LogP contribution in [0.25, 0.3) is 0 Å². The van der Waals surface area contributed by atoms with E-state index in [9.17, 15) is 9.59 Å². The van der Waals surface area contributed by atoms with Gasteiger partial charge in [-0.25, -0.2) is 0 Å². The van der Waals surface area contributed by atoms with Gasteiger partial charge in [-0.3, -0.25) is 14.5 Å². The molecule has 2 aromatic carbocycles. The fourth-order valence-corrected chi connectivity index (χ4v) is 5.80. The third kappa shape index (κ3) is 7.56. The van der Waals surface area contributed by atoms with Crippen LogP contribution in [0.5, 0.6) is 0 Å². The fraction of sp³-hybridized carbons (Fsp3) is 0.500. The molecule has 1 aliphatic heterocycles. The summed E-state index contributed by atoms with van der Waals surface area (Å²) in [7, 11) is 1.92. The molecule has 2 fully saturated rings. The van der Waals surface area contributed by atoms with Crippen LogP contribution >= 0.6 is 11.8 Å². The highest BCUT2D eigenvalue weighted by atomic mass is 32.2. The van der Waals surface area contributed by atoms with E-state index in [2.05, 4.69) is 28.4 Å². The zero-order chi connectivity index (χ0) is 24.5. The highest BCUT2D eigenvalue weighted by molar-refractivity contribution is 8.00. The third-order valence-corrected chi connectivity index (χ3v) is 8.01. The van der Waals surface area contributed by atoms with Crippen LogP contribution in [-0.2, 0) is 22.6 Å². The number of hydrogen-bond donors (Lipinski definition) is 1. The highest BCUT2D eigenvalue weighted by Crippen LogP contribution is 2.26. The van der Waals surface area contributed by atoms with Crippen molar-refractivity contribution in [3.05, 3.63) is 65.2 Å². The monoisotopic (exact) mass is 495 g/mol. The van der Waals surface area contributed by atoms with Gasteiger partial charge in [0, 0.05) is 44.2 Å². The Morgan fingerprint density at radius 1 is 1.03 bits per heavy atom. The summed E-state index contributed by atoms with van der Waals surface area (Å²) in [6, 6.07) is 16.3. The van der Waals surface area contributed by atoms with Gasteiger partial charge in [-0.05, 0) is 36.1 Å². The zero-order valence-corrected chi connectivity index (χ0v) is 21.5. The molecule has 7 heteroatoms. The molecule has 1 aliphatic carbocycles. The molecule has 0 spiro atoms. The van der Waals surface area contributed by atoms with Crippen molar-refractivity contribution in [2.24, 2.45) is 0 Å². The molecule has 0 bridgehead atoms. The summed E-state index contributed by atoms with van der Waals surface area (Å²) in [5, 5.41) is 3.07. The SMILES string of the molecule is CN(C(=O)CSc1ccccc1C(=O)NCc1cccc(CN2CCOCC2)c1)C1CCCCC1. The molecule has 35 heavy (non-hydrogen) atoms. The van der Waals surface area contributed by atoms with Gasteiger partial charge in [0.05, 0.1) is 24.5 Å². The summed E-state index contributed by atoms with van der Waals surface area (Å²) in [4.78, 5) is 31.0. The molecule has 0 aromatic heterocycles. The third-order valence-electron chi connectivity index (χ3n) is 6.95. The Hall–Kier alpha value is -2.35. The van der Waals surface area contributed by atoms with E-state index in [-0.39, 0.29) is 11.8 Å². The molecule has 2 aromatic rings. The molecule has 2 amide bonds. The van der Waals surface area contributed by atoms with Gasteiger partial charge in [0.15, 0.2) is 0 Å². The van der Waals surface area contributed by atoms with Gasteiger partial charge in [0.2, 0.25) is 5.91 Å². The van der Waals surface area contributed by atoms with Gasteiger partial charge in [-0.15, -0.1) is 11.8 Å². The average molecular weight is 496 g/mol. The van der Waals surface area contributed by atoms with Gasteiger partial charge in [-0.2, -0.15) is 0 Å². The summed E-state index contributed by atoms with van der Waals surface area (Å²) in [6.07, 6.45) is 5.87. The van der Waals surface area contributed by atoms with Crippen LogP contribution in [-0.4, -0.2) is 66.8 Å². The Balaban J connectivity index is 1.30. The lowest BCUT2D eigenvalue weighted by molar-refractivity contribution is -0.129. The van der Waals surface area contributed by atoms with E-state index in [0.29, 0.717) is 23.9 Å². The molecule has 1 saturated heterocycles. The van der Waals surface area contributed by atoms with E-state index in [1.165, 1.54) is 36.6 Å². The average Bonchev–Trinajstić information content (AvgIpc) is 2.91. The lowest BCUT2D eigenvalue weighted by Crippen LogP contribution is -2.39. The molecule has 2 aliphatic rings. The number of nitrogens with one attached hydrogen (secondary N) is 1. The minimum absolute atomic E-state index is 0.111. The van der Waals surface area contributed by atoms with E-state index in [0.717, 1.165) is 56.1 Å². The van der Waals surface area contributed by atoms with Crippen LogP contribution in [0, 0.1) is 0 Å².